The Hall–Kier alpha value is -2.17. The van der Waals surface area contributed by atoms with Gasteiger partial charge in [-0.25, -0.2) is 8.42 Å². The first-order chi connectivity index (χ1) is 11.9. The molecule has 0 saturated heterocycles. The van der Waals surface area contributed by atoms with Gasteiger partial charge in [-0.15, -0.1) is 6.58 Å². The van der Waals surface area contributed by atoms with Gasteiger partial charge in [0.05, 0.1) is 10.1 Å². The fourth-order valence-electron chi connectivity index (χ4n) is 2.76. The zero-order chi connectivity index (χ0) is 18.3. The lowest BCUT2D eigenvalue weighted by molar-refractivity contribution is 0.298. The lowest BCUT2D eigenvalue weighted by Crippen LogP contribution is -2.37. The largest absolute Gasteiger partial charge is 0.294 e. The minimum atomic E-state index is -3.48. The highest BCUT2D eigenvalue weighted by molar-refractivity contribution is 7.92. The molecule has 1 unspecified atom stereocenters. The van der Waals surface area contributed by atoms with Crippen molar-refractivity contribution < 1.29 is 8.42 Å². The van der Waals surface area contributed by atoms with Crippen LogP contribution in [0.2, 0.25) is 0 Å². The Morgan fingerprint density at radius 1 is 1.08 bits per heavy atom. The van der Waals surface area contributed by atoms with Gasteiger partial charge in [-0.3, -0.25) is 4.90 Å². The van der Waals surface area contributed by atoms with Crippen molar-refractivity contribution in [2.75, 3.05) is 13.1 Å². The lowest BCUT2D eigenvalue weighted by Gasteiger charge is -2.27. The molecule has 3 nitrogen and oxygen atoms in total. The van der Waals surface area contributed by atoms with Crippen LogP contribution in [0.3, 0.4) is 0 Å². The maximum atomic E-state index is 13.1. The third kappa shape index (κ3) is 5.15. The van der Waals surface area contributed by atoms with Crippen LogP contribution in [0, 0.1) is 0 Å². The molecule has 0 radical (unpaired) electrons. The van der Waals surface area contributed by atoms with E-state index in [1.54, 1.807) is 37.3 Å². The molecule has 4 heteroatoms. The molecule has 0 saturated carbocycles. The summed E-state index contributed by atoms with van der Waals surface area (Å²) in [5.41, 5.74) is 1.79. The molecule has 2 rings (SSSR count). The summed E-state index contributed by atoms with van der Waals surface area (Å²) in [6.45, 7) is 11.2. The van der Waals surface area contributed by atoms with E-state index in [-0.39, 0.29) is 0 Å². The first kappa shape index (κ1) is 19.2. The molecule has 0 fully saturated rings. The van der Waals surface area contributed by atoms with E-state index in [9.17, 15) is 8.42 Å². The minimum absolute atomic E-state index is 0.335. The molecule has 2 aromatic rings. The molecule has 0 amide bonds. The fraction of sp³-hybridized carbons (Fsp3) is 0.238. The summed E-state index contributed by atoms with van der Waals surface area (Å²) in [4.78, 5) is 2.42. The first-order valence-corrected chi connectivity index (χ1v) is 9.81. The van der Waals surface area contributed by atoms with Crippen LogP contribution in [-0.2, 0) is 16.4 Å². The van der Waals surface area contributed by atoms with Crippen LogP contribution in [0.5, 0.6) is 0 Å². The molecule has 2 aromatic carbocycles. The monoisotopic (exact) mass is 355 g/mol. The average Bonchev–Trinajstić information content (AvgIpc) is 2.61. The molecule has 0 aliphatic carbocycles. The zero-order valence-corrected chi connectivity index (χ0v) is 15.5. The van der Waals surface area contributed by atoms with E-state index in [0.29, 0.717) is 30.1 Å². The Morgan fingerprint density at radius 3 is 2.16 bits per heavy atom. The Kier molecular flexibility index (Phi) is 6.73. The van der Waals surface area contributed by atoms with E-state index >= 15 is 0 Å². The summed E-state index contributed by atoms with van der Waals surface area (Å²) in [6.07, 6.45) is 1.80. The number of nitrogens with zero attached hydrogens (tertiary/aromatic N) is 1. The van der Waals surface area contributed by atoms with Crippen molar-refractivity contribution in [3.63, 3.8) is 0 Å². The van der Waals surface area contributed by atoms with Crippen LogP contribution in [0.4, 0.5) is 0 Å². The Labute approximate surface area is 151 Å². The topological polar surface area (TPSA) is 37.4 Å². The Balaban J connectivity index is 2.26. The van der Waals surface area contributed by atoms with E-state index in [4.69, 9.17) is 0 Å². The maximum Gasteiger partial charge on any atom is 0.186 e. The Bertz CT molecular complexity index is 798. The van der Waals surface area contributed by atoms with E-state index in [1.165, 1.54) is 0 Å². The van der Waals surface area contributed by atoms with Gasteiger partial charge in [0.15, 0.2) is 9.84 Å². The molecule has 0 heterocycles. The summed E-state index contributed by atoms with van der Waals surface area (Å²) < 4.78 is 26.1. The van der Waals surface area contributed by atoms with Crippen LogP contribution in [0.25, 0.3) is 0 Å². The molecule has 0 aliphatic heterocycles. The van der Waals surface area contributed by atoms with Gasteiger partial charge in [0.2, 0.25) is 0 Å². The number of hydrogen-bond acceptors (Lipinski definition) is 3. The van der Waals surface area contributed by atoms with Crippen LogP contribution < -0.4 is 0 Å². The van der Waals surface area contributed by atoms with E-state index < -0.39 is 15.1 Å². The molecule has 132 valence electrons. The molecule has 0 aromatic heterocycles. The number of benzene rings is 2. The number of sulfone groups is 1. The predicted octanol–water partition coefficient (Wildman–Crippen LogP) is 4.09. The fourth-order valence-corrected chi connectivity index (χ4v) is 4.56. The van der Waals surface area contributed by atoms with E-state index in [1.807, 2.05) is 36.4 Å². The van der Waals surface area contributed by atoms with E-state index in [2.05, 4.69) is 18.1 Å². The molecular formula is C21H25NO2S. The van der Waals surface area contributed by atoms with Gasteiger partial charge in [-0.05, 0) is 24.6 Å². The van der Waals surface area contributed by atoms with Crippen LogP contribution in [0.15, 0.2) is 90.4 Å². The summed E-state index contributed by atoms with van der Waals surface area (Å²) in [7, 11) is -3.48. The molecule has 0 spiro atoms. The van der Waals surface area contributed by atoms with Crippen molar-refractivity contribution >= 4 is 9.84 Å². The molecule has 25 heavy (non-hydrogen) atoms. The molecule has 0 N–H and O–H groups in total. The standard InChI is InChI=1S/C21H25NO2S/c1-4-15-22(16-19-11-7-5-8-12-19)17-21(18(2)3)25(23,24)20-13-9-6-10-14-20/h4-14,21H,1-2,15-17H2,3H3. The smallest absolute Gasteiger partial charge is 0.186 e. The summed E-state index contributed by atoms with van der Waals surface area (Å²) in [5.74, 6) is 0. The third-order valence-electron chi connectivity index (χ3n) is 4.06. The first-order valence-electron chi connectivity index (χ1n) is 8.26. The van der Waals surface area contributed by atoms with Crippen molar-refractivity contribution in [1.82, 2.24) is 4.90 Å². The molecular weight excluding hydrogens is 330 g/mol. The van der Waals surface area contributed by atoms with Crippen molar-refractivity contribution in [1.29, 1.82) is 0 Å². The third-order valence-corrected chi connectivity index (χ3v) is 6.29. The molecule has 0 bridgehead atoms. The summed E-state index contributed by atoms with van der Waals surface area (Å²) >= 11 is 0. The van der Waals surface area contributed by atoms with Crippen molar-refractivity contribution in [2.45, 2.75) is 23.6 Å². The number of hydrogen-bond donors (Lipinski definition) is 0. The second kappa shape index (κ2) is 8.79. The Morgan fingerprint density at radius 2 is 1.64 bits per heavy atom. The van der Waals surface area contributed by atoms with Crippen molar-refractivity contribution in [3.05, 3.63) is 91.0 Å². The normalized spacial score (nSPS) is 12.7. The molecule has 0 aliphatic rings. The van der Waals surface area contributed by atoms with Crippen LogP contribution >= 0.6 is 0 Å². The maximum absolute atomic E-state index is 13.1. The SMILES string of the molecule is C=CCN(Cc1ccccc1)CC(C(=C)C)S(=O)(=O)c1ccccc1. The van der Waals surface area contributed by atoms with Gasteiger partial charge in [0.1, 0.15) is 0 Å². The van der Waals surface area contributed by atoms with Gasteiger partial charge < -0.3 is 0 Å². The van der Waals surface area contributed by atoms with Crippen molar-refractivity contribution in [2.24, 2.45) is 0 Å². The highest BCUT2D eigenvalue weighted by Gasteiger charge is 2.29. The van der Waals surface area contributed by atoms with E-state index in [0.717, 1.165) is 5.56 Å². The van der Waals surface area contributed by atoms with Crippen LogP contribution in [-0.4, -0.2) is 31.7 Å². The highest BCUT2D eigenvalue weighted by atomic mass is 32.2. The van der Waals surface area contributed by atoms with Gasteiger partial charge >= 0.3 is 0 Å². The average molecular weight is 356 g/mol. The van der Waals surface area contributed by atoms with Crippen LogP contribution in [0.1, 0.15) is 12.5 Å². The van der Waals surface area contributed by atoms with Gasteiger partial charge in [0.25, 0.3) is 0 Å². The zero-order valence-electron chi connectivity index (χ0n) is 14.6. The van der Waals surface area contributed by atoms with Gasteiger partial charge in [0, 0.05) is 19.6 Å². The minimum Gasteiger partial charge on any atom is -0.294 e. The molecule has 1 atom stereocenters. The van der Waals surface area contributed by atoms with Gasteiger partial charge in [-0.1, -0.05) is 66.8 Å². The van der Waals surface area contributed by atoms with Crippen molar-refractivity contribution in [3.8, 4) is 0 Å². The second-order valence-electron chi connectivity index (χ2n) is 6.16. The lowest BCUT2D eigenvalue weighted by atomic mass is 10.2. The highest BCUT2D eigenvalue weighted by Crippen LogP contribution is 2.22. The predicted molar refractivity (Wildman–Crippen MR) is 104 cm³/mol. The van der Waals surface area contributed by atoms with Gasteiger partial charge in [-0.2, -0.15) is 0 Å². The second-order valence-corrected chi connectivity index (χ2v) is 8.29. The summed E-state index contributed by atoms with van der Waals surface area (Å²) in [6, 6.07) is 18.6. The number of rotatable bonds is 9. The summed E-state index contributed by atoms with van der Waals surface area (Å²) in [5, 5.41) is -0.654. The quantitative estimate of drug-likeness (QED) is 0.636.